The number of methoxy groups -OCH3 is 2. The summed E-state index contributed by atoms with van der Waals surface area (Å²) in [6.07, 6.45) is 2.47. The molecule has 7 nitrogen and oxygen atoms in total. The number of nitrogens with one attached hydrogen (secondary N) is 2. The lowest BCUT2D eigenvalue weighted by molar-refractivity contribution is 0.0970. The maximum atomic E-state index is 14.5. The van der Waals surface area contributed by atoms with Gasteiger partial charge in [0.15, 0.2) is 15.6 Å². The lowest BCUT2D eigenvalue weighted by Gasteiger charge is -2.22. The number of sulfone groups is 1. The number of hydrogen-bond donors (Lipinski definition) is 2. The monoisotopic (exact) mass is 514 g/mol. The van der Waals surface area contributed by atoms with E-state index in [0.29, 0.717) is 16.5 Å². The van der Waals surface area contributed by atoms with E-state index in [1.807, 2.05) is 0 Å². The number of H-pyrrole nitrogens is 1. The van der Waals surface area contributed by atoms with Gasteiger partial charge in [0.1, 0.15) is 29.2 Å². The first kappa shape index (κ1) is 25.2. The van der Waals surface area contributed by atoms with Crippen molar-refractivity contribution in [2.24, 2.45) is 0 Å². The molecule has 0 radical (unpaired) electrons. The van der Waals surface area contributed by atoms with E-state index in [-0.39, 0.29) is 33.2 Å². The average molecular weight is 515 g/mol. The Kier molecular flexibility index (Phi) is 6.73. The number of carbonyl (C=O) groups excluding carboxylic acids is 1. The van der Waals surface area contributed by atoms with E-state index < -0.39 is 33.3 Å². The molecular weight excluding hydrogens is 490 g/mol. The zero-order valence-electron chi connectivity index (χ0n) is 20.0. The van der Waals surface area contributed by atoms with Crippen LogP contribution in [-0.2, 0) is 9.84 Å². The highest BCUT2D eigenvalue weighted by molar-refractivity contribution is 7.90. The molecule has 4 rings (SSSR count). The minimum absolute atomic E-state index is 0.0218. The van der Waals surface area contributed by atoms with Gasteiger partial charge in [-0.15, -0.1) is 0 Å². The highest BCUT2D eigenvalue weighted by atomic mass is 32.2. The lowest BCUT2D eigenvalue weighted by atomic mass is 9.95. The molecule has 0 fully saturated rings. The number of ketones is 1. The van der Waals surface area contributed by atoms with Crippen molar-refractivity contribution in [1.29, 1.82) is 0 Å². The Morgan fingerprint density at radius 2 is 1.78 bits per heavy atom. The number of fused-ring (bicyclic) bond motifs is 1. The molecule has 1 atom stereocenters. The summed E-state index contributed by atoms with van der Waals surface area (Å²) in [5, 5.41) is 3.44. The minimum Gasteiger partial charge on any atom is -0.497 e. The fourth-order valence-corrected chi connectivity index (χ4v) is 4.72. The second-order valence-electron chi connectivity index (χ2n) is 8.37. The van der Waals surface area contributed by atoms with Gasteiger partial charge in [-0.3, -0.25) is 4.79 Å². The van der Waals surface area contributed by atoms with Crippen LogP contribution in [-0.4, -0.2) is 39.7 Å². The number of rotatable bonds is 8. The van der Waals surface area contributed by atoms with Crippen LogP contribution >= 0.6 is 0 Å². The number of aromatic amines is 1. The summed E-state index contributed by atoms with van der Waals surface area (Å²) < 4.78 is 63.5. The third-order valence-corrected chi connectivity index (χ3v) is 6.87. The Morgan fingerprint density at radius 3 is 2.44 bits per heavy atom. The molecular formula is C26H24F2N2O5S. The molecule has 10 heteroatoms. The summed E-state index contributed by atoms with van der Waals surface area (Å²) in [5.74, 6) is -1.18. The molecule has 4 aromatic rings. The first-order chi connectivity index (χ1) is 17.0. The number of halogens is 2. The van der Waals surface area contributed by atoms with Crippen molar-refractivity contribution < 1.29 is 31.5 Å². The quantitative estimate of drug-likeness (QED) is 0.313. The Hall–Kier alpha value is -3.92. The van der Waals surface area contributed by atoms with Gasteiger partial charge in [0.2, 0.25) is 0 Å². The standard InChI is InChI=1S/C26H24F2N2O5S/c1-14-7-20-21(13-29-24(20)22(28)8-14)26(31)25(19-6-5-15(27)9-23(19)35-3)30-16-10-17(34-2)12-18(11-16)36(4,32)33/h5-13,25,29-30H,1-4H3. The number of ether oxygens (including phenoxy) is 2. The van der Waals surface area contributed by atoms with Crippen molar-refractivity contribution in [1.82, 2.24) is 4.98 Å². The zero-order chi connectivity index (χ0) is 26.2. The Labute approximate surface area is 207 Å². The SMILES string of the molecule is COc1cc(NC(C(=O)c2c[nH]c3c(F)cc(C)cc23)c2ccc(F)cc2OC)cc(S(C)(=O)=O)c1. The van der Waals surface area contributed by atoms with Crippen LogP contribution in [0, 0.1) is 18.6 Å². The molecule has 0 saturated carbocycles. The van der Waals surface area contributed by atoms with Crippen molar-refractivity contribution >= 4 is 32.2 Å². The smallest absolute Gasteiger partial charge is 0.191 e. The highest BCUT2D eigenvalue weighted by Gasteiger charge is 2.28. The second-order valence-corrected chi connectivity index (χ2v) is 10.4. The molecule has 1 unspecified atom stereocenters. The normalized spacial score (nSPS) is 12.4. The molecule has 188 valence electrons. The van der Waals surface area contributed by atoms with Crippen LogP contribution in [0.1, 0.15) is 27.5 Å². The van der Waals surface area contributed by atoms with Gasteiger partial charge in [0.25, 0.3) is 0 Å². The first-order valence-electron chi connectivity index (χ1n) is 10.8. The maximum Gasteiger partial charge on any atom is 0.191 e. The molecule has 0 amide bonds. The van der Waals surface area contributed by atoms with Crippen molar-refractivity contribution in [3.63, 3.8) is 0 Å². The number of hydrogen-bond acceptors (Lipinski definition) is 6. The molecule has 0 spiro atoms. The lowest BCUT2D eigenvalue weighted by Crippen LogP contribution is -2.22. The van der Waals surface area contributed by atoms with Crippen molar-refractivity contribution in [3.05, 3.63) is 83.1 Å². The topological polar surface area (TPSA) is 97.5 Å². The van der Waals surface area contributed by atoms with Crippen LogP contribution < -0.4 is 14.8 Å². The number of benzene rings is 3. The molecule has 0 aliphatic carbocycles. The Morgan fingerprint density at radius 1 is 1.03 bits per heavy atom. The first-order valence-corrected chi connectivity index (χ1v) is 12.7. The Bertz CT molecular complexity index is 1580. The number of aryl methyl sites for hydroxylation is 1. The number of aromatic nitrogens is 1. The summed E-state index contributed by atoms with van der Waals surface area (Å²) >= 11 is 0. The molecule has 3 aromatic carbocycles. The average Bonchev–Trinajstić information content (AvgIpc) is 3.25. The predicted molar refractivity (Wildman–Crippen MR) is 133 cm³/mol. The number of Topliss-reactive ketones (excluding diaryl/α,β-unsaturated/α-hetero) is 1. The third-order valence-electron chi connectivity index (χ3n) is 5.77. The molecule has 0 bridgehead atoms. The van der Waals surface area contributed by atoms with E-state index in [9.17, 15) is 22.0 Å². The predicted octanol–water partition coefficient (Wildman–Crippen LogP) is 5.21. The summed E-state index contributed by atoms with van der Waals surface area (Å²) in [7, 11) is -0.871. The minimum atomic E-state index is -3.60. The molecule has 0 aliphatic heterocycles. The summed E-state index contributed by atoms with van der Waals surface area (Å²) in [4.78, 5) is 16.7. The van der Waals surface area contributed by atoms with E-state index in [1.54, 1.807) is 13.0 Å². The molecule has 0 aliphatic rings. The molecule has 36 heavy (non-hydrogen) atoms. The zero-order valence-corrected chi connectivity index (χ0v) is 20.8. The highest BCUT2D eigenvalue weighted by Crippen LogP contribution is 2.35. The summed E-state index contributed by atoms with van der Waals surface area (Å²) in [5.41, 5.74) is 1.57. The van der Waals surface area contributed by atoms with Gasteiger partial charge in [0.05, 0.1) is 24.6 Å². The molecule has 0 saturated heterocycles. The fraction of sp³-hybridized carbons (Fsp3) is 0.192. The van der Waals surface area contributed by atoms with E-state index in [0.717, 1.165) is 12.3 Å². The van der Waals surface area contributed by atoms with Gasteiger partial charge in [0, 0.05) is 46.8 Å². The van der Waals surface area contributed by atoms with Gasteiger partial charge in [-0.1, -0.05) is 0 Å². The van der Waals surface area contributed by atoms with Gasteiger partial charge in [-0.2, -0.15) is 0 Å². The van der Waals surface area contributed by atoms with E-state index in [4.69, 9.17) is 9.47 Å². The van der Waals surface area contributed by atoms with Crippen LogP contribution in [0.2, 0.25) is 0 Å². The van der Waals surface area contributed by atoms with Gasteiger partial charge in [-0.25, -0.2) is 17.2 Å². The van der Waals surface area contributed by atoms with Crippen LogP contribution in [0.15, 0.2) is 59.6 Å². The third kappa shape index (κ3) is 4.90. The number of carbonyl (C=O) groups is 1. The maximum absolute atomic E-state index is 14.5. The van der Waals surface area contributed by atoms with Crippen LogP contribution in [0.25, 0.3) is 10.9 Å². The van der Waals surface area contributed by atoms with Crippen LogP contribution in [0.4, 0.5) is 14.5 Å². The number of anilines is 1. The van der Waals surface area contributed by atoms with E-state index in [2.05, 4.69) is 10.3 Å². The van der Waals surface area contributed by atoms with Crippen molar-refractivity contribution in [3.8, 4) is 11.5 Å². The van der Waals surface area contributed by atoms with Crippen LogP contribution in [0.5, 0.6) is 11.5 Å². The second kappa shape index (κ2) is 9.62. The van der Waals surface area contributed by atoms with E-state index in [1.165, 1.54) is 56.8 Å². The largest absolute Gasteiger partial charge is 0.497 e. The molecule has 1 heterocycles. The summed E-state index contributed by atoms with van der Waals surface area (Å²) in [6.45, 7) is 1.71. The Balaban J connectivity index is 1.89. The van der Waals surface area contributed by atoms with Gasteiger partial charge in [-0.05, 0) is 48.9 Å². The van der Waals surface area contributed by atoms with Gasteiger partial charge >= 0.3 is 0 Å². The molecule has 2 N–H and O–H groups in total. The van der Waals surface area contributed by atoms with Crippen LogP contribution in [0.3, 0.4) is 0 Å². The van der Waals surface area contributed by atoms with Gasteiger partial charge < -0.3 is 19.8 Å². The van der Waals surface area contributed by atoms with E-state index >= 15 is 0 Å². The fourth-order valence-electron chi connectivity index (χ4n) is 4.04. The van der Waals surface area contributed by atoms with Crippen molar-refractivity contribution in [2.45, 2.75) is 17.9 Å². The molecule has 1 aromatic heterocycles. The van der Waals surface area contributed by atoms with Crippen molar-refractivity contribution in [2.75, 3.05) is 25.8 Å². The summed E-state index contributed by atoms with van der Waals surface area (Å²) in [6, 6.07) is 9.89.